The SMILES string of the molecule is CC1Cc2cnc(N3CCC(CN)CC3)nc2C(C)C1. The van der Waals surface area contributed by atoms with Crippen molar-refractivity contribution in [2.75, 3.05) is 24.5 Å². The van der Waals surface area contributed by atoms with Gasteiger partial charge in [-0.1, -0.05) is 13.8 Å². The zero-order valence-corrected chi connectivity index (χ0v) is 12.7. The van der Waals surface area contributed by atoms with E-state index >= 15 is 0 Å². The van der Waals surface area contributed by atoms with Gasteiger partial charge in [-0.25, -0.2) is 9.97 Å². The van der Waals surface area contributed by atoms with Crippen molar-refractivity contribution < 1.29 is 0 Å². The summed E-state index contributed by atoms with van der Waals surface area (Å²) >= 11 is 0. The van der Waals surface area contributed by atoms with Crippen LogP contribution in [-0.2, 0) is 6.42 Å². The Hall–Kier alpha value is -1.16. The van der Waals surface area contributed by atoms with Gasteiger partial charge in [-0.05, 0) is 55.5 Å². The molecule has 2 aliphatic rings. The van der Waals surface area contributed by atoms with Gasteiger partial charge in [-0.3, -0.25) is 0 Å². The van der Waals surface area contributed by atoms with Crippen LogP contribution in [0.4, 0.5) is 5.95 Å². The lowest BCUT2D eigenvalue weighted by atomic mass is 9.82. The third-order valence-electron chi connectivity index (χ3n) is 4.91. The lowest BCUT2D eigenvalue weighted by molar-refractivity contribution is 0.408. The Labute approximate surface area is 121 Å². The first-order valence-corrected chi connectivity index (χ1v) is 7.98. The van der Waals surface area contributed by atoms with Crippen LogP contribution in [0, 0.1) is 11.8 Å². The fraction of sp³-hybridized carbons (Fsp3) is 0.750. The number of hydrogen-bond donors (Lipinski definition) is 1. The second kappa shape index (κ2) is 5.68. The van der Waals surface area contributed by atoms with E-state index in [0.29, 0.717) is 11.8 Å². The van der Waals surface area contributed by atoms with E-state index in [0.717, 1.165) is 37.9 Å². The van der Waals surface area contributed by atoms with Crippen molar-refractivity contribution in [3.63, 3.8) is 0 Å². The van der Waals surface area contributed by atoms with Gasteiger partial charge in [0.15, 0.2) is 0 Å². The van der Waals surface area contributed by atoms with Crippen molar-refractivity contribution in [3.05, 3.63) is 17.5 Å². The van der Waals surface area contributed by atoms with E-state index in [2.05, 4.69) is 29.9 Å². The van der Waals surface area contributed by atoms with Crippen LogP contribution >= 0.6 is 0 Å². The van der Waals surface area contributed by atoms with Crippen LogP contribution in [0.15, 0.2) is 6.20 Å². The molecule has 0 saturated carbocycles. The van der Waals surface area contributed by atoms with E-state index < -0.39 is 0 Å². The molecule has 20 heavy (non-hydrogen) atoms. The minimum atomic E-state index is 0.567. The van der Waals surface area contributed by atoms with Crippen molar-refractivity contribution in [2.24, 2.45) is 17.6 Å². The average Bonchev–Trinajstić information content (AvgIpc) is 2.47. The van der Waals surface area contributed by atoms with Crippen LogP contribution in [0.3, 0.4) is 0 Å². The maximum Gasteiger partial charge on any atom is 0.225 e. The quantitative estimate of drug-likeness (QED) is 0.899. The van der Waals surface area contributed by atoms with Crippen molar-refractivity contribution in [1.82, 2.24) is 9.97 Å². The molecule has 0 bridgehead atoms. The van der Waals surface area contributed by atoms with Gasteiger partial charge in [0.05, 0.1) is 5.69 Å². The lowest BCUT2D eigenvalue weighted by Crippen LogP contribution is -2.37. The molecular formula is C16H26N4. The fourth-order valence-electron chi connectivity index (χ4n) is 3.69. The summed E-state index contributed by atoms with van der Waals surface area (Å²) in [6.07, 6.45) is 6.79. The largest absolute Gasteiger partial charge is 0.341 e. The summed E-state index contributed by atoms with van der Waals surface area (Å²) in [7, 11) is 0. The molecule has 4 heteroatoms. The number of aromatic nitrogens is 2. The highest BCUT2D eigenvalue weighted by atomic mass is 15.3. The smallest absolute Gasteiger partial charge is 0.225 e. The molecule has 0 amide bonds. The first-order chi connectivity index (χ1) is 9.67. The Bertz CT molecular complexity index is 466. The minimum Gasteiger partial charge on any atom is -0.341 e. The average molecular weight is 274 g/mol. The summed E-state index contributed by atoms with van der Waals surface area (Å²) in [5.41, 5.74) is 8.40. The van der Waals surface area contributed by atoms with Crippen LogP contribution in [0.2, 0.25) is 0 Å². The maximum absolute atomic E-state index is 5.76. The minimum absolute atomic E-state index is 0.567. The fourth-order valence-corrected chi connectivity index (χ4v) is 3.69. The zero-order valence-electron chi connectivity index (χ0n) is 12.7. The summed E-state index contributed by atoms with van der Waals surface area (Å²) in [6.45, 7) is 7.53. The number of piperidine rings is 1. The summed E-state index contributed by atoms with van der Waals surface area (Å²) < 4.78 is 0. The molecule has 0 aromatic carbocycles. The predicted molar refractivity (Wildman–Crippen MR) is 81.9 cm³/mol. The molecule has 1 saturated heterocycles. The van der Waals surface area contributed by atoms with Gasteiger partial charge in [0, 0.05) is 19.3 Å². The number of nitrogens with zero attached hydrogens (tertiary/aromatic N) is 3. The second-order valence-corrected chi connectivity index (χ2v) is 6.69. The molecule has 1 aromatic heterocycles. The molecule has 4 nitrogen and oxygen atoms in total. The molecule has 1 aromatic rings. The zero-order chi connectivity index (χ0) is 14.1. The van der Waals surface area contributed by atoms with Crippen LogP contribution in [0.5, 0.6) is 0 Å². The standard InChI is InChI=1S/C16H26N4/c1-11-7-12(2)15-14(8-11)10-18-16(19-15)20-5-3-13(9-17)4-6-20/h10-13H,3-9,17H2,1-2H3. The molecule has 2 heterocycles. The Morgan fingerprint density at radius 1 is 1.30 bits per heavy atom. The highest BCUT2D eigenvalue weighted by Gasteiger charge is 2.26. The van der Waals surface area contributed by atoms with Crippen LogP contribution < -0.4 is 10.6 Å². The molecule has 3 rings (SSSR count). The van der Waals surface area contributed by atoms with Crippen LogP contribution in [-0.4, -0.2) is 29.6 Å². The van der Waals surface area contributed by atoms with Crippen molar-refractivity contribution >= 4 is 5.95 Å². The Kier molecular flexibility index (Phi) is 3.92. The molecule has 2 atom stereocenters. The van der Waals surface area contributed by atoms with Gasteiger partial charge in [0.25, 0.3) is 0 Å². The number of nitrogens with two attached hydrogens (primary N) is 1. The third-order valence-corrected chi connectivity index (χ3v) is 4.91. The van der Waals surface area contributed by atoms with Crippen molar-refractivity contribution in [2.45, 2.75) is 45.4 Å². The van der Waals surface area contributed by atoms with Crippen LogP contribution in [0.1, 0.15) is 50.3 Å². The molecule has 0 spiro atoms. The summed E-state index contributed by atoms with van der Waals surface area (Å²) in [6, 6.07) is 0. The summed E-state index contributed by atoms with van der Waals surface area (Å²) in [5, 5.41) is 0. The first-order valence-electron chi connectivity index (χ1n) is 7.98. The highest BCUT2D eigenvalue weighted by Crippen LogP contribution is 2.33. The third kappa shape index (κ3) is 2.66. The van der Waals surface area contributed by atoms with E-state index in [4.69, 9.17) is 10.7 Å². The van der Waals surface area contributed by atoms with Crippen LogP contribution in [0.25, 0.3) is 0 Å². The molecule has 1 aliphatic carbocycles. The molecule has 110 valence electrons. The summed E-state index contributed by atoms with van der Waals surface area (Å²) in [5.74, 6) is 2.94. The van der Waals surface area contributed by atoms with Gasteiger partial charge >= 0.3 is 0 Å². The summed E-state index contributed by atoms with van der Waals surface area (Å²) in [4.78, 5) is 11.8. The van der Waals surface area contributed by atoms with Gasteiger partial charge in [-0.2, -0.15) is 0 Å². The van der Waals surface area contributed by atoms with Gasteiger partial charge in [-0.15, -0.1) is 0 Å². The topological polar surface area (TPSA) is 55.0 Å². The number of rotatable bonds is 2. The number of hydrogen-bond acceptors (Lipinski definition) is 4. The van der Waals surface area contributed by atoms with E-state index in [1.165, 1.54) is 30.5 Å². The number of anilines is 1. The predicted octanol–water partition coefficient (Wildman–Crippen LogP) is 2.34. The van der Waals surface area contributed by atoms with Gasteiger partial charge < -0.3 is 10.6 Å². The van der Waals surface area contributed by atoms with E-state index in [9.17, 15) is 0 Å². The molecular weight excluding hydrogens is 248 g/mol. The molecule has 1 fully saturated rings. The van der Waals surface area contributed by atoms with E-state index in [1.54, 1.807) is 0 Å². The molecule has 0 radical (unpaired) electrons. The Morgan fingerprint density at radius 2 is 2.05 bits per heavy atom. The van der Waals surface area contributed by atoms with Gasteiger partial charge in [0.2, 0.25) is 5.95 Å². The molecule has 2 unspecified atom stereocenters. The normalized spacial score (nSPS) is 27.4. The maximum atomic E-state index is 5.76. The monoisotopic (exact) mass is 274 g/mol. The highest BCUT2D eigenvalue weighted by molar-refractivity contribution is 5.36. The van der Waals surface area contributed by atoms with E-state index in [-0.39, 0.29) is 0 Å². The molecule has 2 N–H and O–H groups in total. The van der Waals surface area contributed by atoms with Crippen molar-refractivity contribution in [3.8, 4) is 0 Å². The first kappa shape index (κ1) is 13.8. The van der Waals surface area contributed by atoms with E-state index in [1.807, 2.05) is 0 Å². The Morgan fingerprint density at radius 3 is 2.75 bits per heavy atom. The Balaban J connectivity index is 1.77. The lowest BCUT2D eigenvalue weighted by Gasteiger charge is -2.33. The van der Waals surface area contributed by atoms with Gasteiger partial charge in [0.1, 0.15) is 0 Å². The molecule has 1 aliphatic heterocycles. The number of fused-ring (bicyclic) bond motifs is 1. The second-order valence-electron chi connectivity index (χ2n) is 6.69. The van der Waals surface area contributed by atoms with Crippen molar-refractivity contribution in [1.29, 1.82) is 0 Å².